The zero-order valence-corrected chi connectivity index (χ0v) is 17.7. The Labute approximate surface area is 167 Å². The van der Waals surface area contributed by atoms with Crippen LogP contribution in [0.3, 0.4) is 0 Å². The second kappa shape index (κ2) is 8.23. The monoisotopic (exact) mass is 383 g/mol. The molecule has 2 aromatic rings. The first-order chi connectivity index (χ1) is 13.3. The van der Waals surface area contributed by atoms with Gasteiger partial charge >= 0.3 is 0 Å². The Morgan fingerprint density at radius 1 is 1.00 bits per heavy atom. The number of hydrogen-bond donors (Lipinski definition) is 2. The summed E-state index contributed by atoms with van der Waals surface area (Å²) < 4.78 is 10.9. The first kappa shape index (κ1) is 20.2. The molecule has 0 aliphatic carbocycles. The standard InChI is InChI=1S/C23H30N2O3/c1-14-9-15(2)22(16(3)10-14)24-23(26)17(4)25-8-7-18-11-20(27-5)21(28-6)12-19(18)13-25/h9-12,17H,7-8,13H2,1-6H3,(H,24,26)/p+1/t17-/m0/s1. The Morgan fingerprint density at radius 3 is 2.14 bits per heavy atom. The number of carbonyl (C=O) groups is 1. The summed E-state index contributed by atoms with van der Waals surface area (Å²) in [5.74, 6) is 1.57. The summed E-state index contributed by atoms with van der Waals surface area (Å²) >= 11 is 0. The van der Waals surface area contributed by atoms with Crippen LogP contribution in [0.15, 0.2) is 24.3 Å². The van der Waals surface area contributed by atoms with E-state index in [1.54, 1.807) is 14.2 Å². The summed E-state index contributed by atoms with van der Waals surface area (Å²) in [6.45, 7) is 9.90. The van der Waals surface area contributed by atoms with Crippen molar-refractivity contribution < 1.29 is 19.2 Å². The molecule has 2 aromatic carbocycles. The molecule has 0 fully saturated rings. The van der Waals surface area contributed by atoms with E-state index in [9.17, 15) is 4.79 Å². The summed E-state index contributed by atoms with van der Waals surface area (Å²) in [4.78, 5) is 14.2. The predicted molar refractivity (Wildman–Crippen MR) is 112 cm³/mol. The molecule has 5 nitrogen and oxygen atoms in total. The van der Waals surface area contributed by atoms with Crippen LogP contribution in [0, 0.1) is 20.8 Å². The minimum absolute atomic E-state index is 0.0639. The maximum absolute atomic E-state index is 13.0. The van der Waals surface area contributed by atoms with Crippen LogP contribution in [0.2, 0.25) is 0 Å². The van der Waals surface area contributed by atoms with Crippen LogP contribution in [0.4, 0.5) is 5.69 Å². The number of carbonyl (C=O) groups excluding carboxylic acids is 1. The molecule has 0 radical (unpaired) electrons. The van der Waals surface area contributed by atoms with Crippen molar-refractivity contribution in [1.82, 2.24) is 0 Å². The van der Waals surface area contributed by atoms with E-state index < -0.39 is 0 Å². The molecule has 2 atom stereocenters. The fourth-order valence-corrected chi connectivity index (χ4v) is 4.15. The van der Waals surface area contributed by atoms with E-state index in [0.29, 0.717) is 0 Å². The van der Waals surface area contributed by atoms with Gasteiger partial charge in [0.15, 0.2) is 17.5 Å². The highest BCUT2D eigenvalue weighted by Crippen LogP contribution is 2.31. The van der Waals surface area contributed by atoms with Gasteiger partial charge in [-0.05, 0) is 56.5 Å². The van der Waals surface area contributed by atoms with Crippen molar-refractivity contribution >= 4 is 11.6 Å². The van der Waals surface area contributed by atoms with E-state index in [1.807, 2.05) is 26.8 Å². The number of anilines is 1. The molecule has 0 saturated heterocycles. The van der Waals surface area contributed by atoms with Gasteiger partial charge in [0, 0.05) is 17.7 Å². The molecule has 0 aromatic heterocycles. The molecule has 1 unspecified atom stereocenters. The minimum Gasteiger partial charge on any atom is -0.493 e. The van der Waals surface area contributed by atoms with Crippen LogP contribution in [-0.4, -0.2) is 32.7 Å². The first-order valence-corrected chi connectivity index (χ1v) is 9.81. The largest absolute Gasteiger partial charge is 0.493 e. The lowest BCUT2D eigenvalue weighted by molar-refractivity contribution is -0.929. The number of ether oxygens (including phenoxy) is 2. The second-order valence-electron chi connectivity index (χ2n) is 7.80. The molecule has 1 aliphatic heterocycles. The Kier molecular flexibility index (Phi) is 5.94. The van der Waals surface area contributed by atoms with Crippen molar-refractivity contribution in [3.05, 3.63) is 52.1 Å². The number of aryl methyl sites for hydroxylation is 3. The number of amides is 1. The first-order valence-electron chi connectivity index (χ1n) is 9.81. The van der Waals surface area contributed by atoms with E-state index in [4.69, 9.17) is 9.47 Å². The molecule has 1 aliphatic rings. The van der Waals surface area contributed by atoms with Gasteiger partial charge in [-0.1, -0.05) is 17.7 Å². The van der Waals surface area contributed by atoms with Crippen LogP contribution in [-0.2, 0) is 17.8 Å². The van der Waals surface area contributed by atoms with Crippen molar-refractivity contribution in [3.8, 4) is 11.5 Å². The molecule has 3 rings (SSSR count). The molecule has 5 heteroatoms. The van der Waals surface area contributed by atoms with Crippen LogP contribution >= 0.6 is 0 Å². The SMILES string of the molecule is COc1cc2c(cc1OC)C[NH+]([C@@H](C)C(=O)Nc1c(C)cc(C)cc1C)CC2. The van der Waals surface area contributed by atoms with Crippen molar-refractivity contribution in [1.29, 1.82) is 0 Å². The molecule has 0 bridgehead atoms. The van der Waals surface area contributed by atoms with Crippen LogP contribution in [0.1, 0.15) is 34.7 Å². The van der Waals surface area contributed by atoms with Gasteiger partial charge in [-0.2, -0.15) is 0 Å². The average Bonchev–Trinajstić information content (AvgIpc) is 2.68. The third-order valence-corrected chi connectivity index (χ3v) is 5.77. The average molecular weight is 384 g/mol. The van der Waals surface area contributed by atoms with Gasteiger partial charge in [0.05, 0.1) is 20.8 Å². The lowest BCUT2D eigenvalue weighted by Crippen LogP contribution is -3.16. The summed E-state index contributed by atoms with van der Waals surface area (Å²) in [5, 5.41) is 3.16. The molecule has 28 heavy (non-hydrogen) atoms. The maximum Gasteiger partial charge on any atom is 0.282 e. The van der Waals surface area contributed by atoms with Gasteiger partial charge in [-0.25, -0.2) is 0 Å². The minimum atomic E-state index is -0.138. The highest BCUT2D eigenvalue weighted by molar-refractivity contribution is 5.95. The third-order valence-electron chi connectivity index (χ3n) is 5.77. The molecule has 0 spiro atoms. The number of methoxy groups -OCH3 is 2. The summed E-state index contributed by atoms with van der Waals surface area (Å²) in [5.41, 5.74) is 6.86. The molecule has 1 heterocycles. The molecule has 2 N–H and O–H groups in total. The fraction of sp³-hybridized carbons (Fsp3) is 0.435. The number of fused-ring (bicyclic) bond motifs is 1. The predicted octanol–water partition coefficient (Wildman–Crippen LogP) is 2.60. The van der Waals surface area contributed by atoms with Crippen molar-refractivity contribution in [2.45, 2.75) is 46.7 Å². The number of rotatable bonds is 5. The molecule has 150 valence electrons. The van der Waals surface area contributed by atoms with Crippen molar-refractivity contribution in [3.63, 3.8) is 0 Å². The third kappa shape index (κ3) is 3.99. The van der Waals surface area contributed by atoms with E-state index in [2.05, 4.69) is 30.4 Å². The summed E-state index contributed by atoms with van der Waals surface area (Å²) in [6, 6.07) is 8.19. The van der Waals surface area contributed by atoms with E-state index >= 15 is 0 Å². The van der Waals surface area contributed by atoms with Gasteiger partial charge in [-0.15, -0.1) is 0 Å². The number of quaternary nitrogens is 1. The lowest BCUT2D eigenvalue weighted by Gasteiger charge is -2.30. The zero-order valence-electron chi connectivity index (χ0n) is 17.7. The summed E-state index contributed by atoms with van der Waals surface area (Å²) in [6.07, 6.45) is 0.922. The van der Waals surface area contributed by atoms with Crippen LogP contribution < -0.4 is 19.7 Å². The molecule has 0 saturated carbocycles. The van der Waals surface area contributed by atoms with E-state index in [0.717, 1.165) is 47.8 Å². The van der Waals surface area contributed by atoms with Gasteiger partial charge < -0.3 is 19.7 Å². The number of nitrogens with one attached hydrogen (secondary N) is 2. The number of benzene rings is 2. The highest BCUT2D eigenvalue weighted by Gasteiger charge is 2.30. The van der Waals surface area contributed by atoms with Crippen molar-refractivity contribution in [2.75, 3.05) is 26.1 Å². The van der Waals surface area contributed by atoms with E-state index in [-0.39, 0.29) is 11.9 Å². The highest BCUT2D eigenvalue weighted by atomic mass is 16.5. The Balaban J connectivity index is 1.75. The molecule has 1 amide bonds. The quantitative estimate of drug-likeness (QED) is 0.835. The normalized spacial score (nSPS) is 16.9. The van der Waals surface area contributed by atoms with Gasteiger partial charge in [0.25, 0.3) is 5.91 Å². The van der Waals surface area contributed by atoms with Crippen LogP contribution in [0.25, 0.3) is 0 Å². The van der Waals surface area contributed by atoms with E-state index in [1.165, 1.54) is 21.6 Å². The maximum atomic E-state index is 13.0. The molecular formula is C23H31N2O3+. The second-order valence-corrected chi connectivity index (χ2v) is 7.80. The summed E-state index contributed by atoms with van der Waals surface area (Å²) in [7, 11) is 3.31. The van der Waals surface area contributed by atoms with Gasteiger partial charge in [0.1, 0.15) is 6.54 Å². The van der Waals surface area contributed by atoms with Gasteiger partial charge in [-0.3, -0.25) is 4.79 Å². The Morgan fingerprint density at radius 2 is 1.57 bits per heavy atom. The van der Waals surface area contributed by atoms with Gasteiger partial charge in [0.2, 0.25) is 0 Å². The smallest absolute Gasteiger partial charge is 0.282 e. The number of hydrogen-bond acceptors (Lipinski definition) is 3. The Bertz CT molecular complexity index is 869. The van der Waals surface area contributed by atoms with Crippen molar-refractivity contribution in [2.24, 2.45) is 0 Å². The van der Waals surface area contributed by atoms with Crippen LogP contribution in [0.5, 0.6) is 11.5 Å². The zero-order chi connectivity index (χ0) is 20.4. The fourth-order valence-electron chi connectivity index (χ4n) is 4.15. The Hall–Kier alpha value is -2.53. The topological polar surface area (TPSA) is 52.0 Å². The lowest BCUT2D eigenvalue weighted by atomic mass is 9.97. The molecular weight excluding hydrogens is 352 g/mol.